The Morgan fingerprint density at radius 2 is 1.67 bits per heavy atom. The van der Waals surface area contributed by atoms with Gasteiger partial charge in [0.15, 0.2) is 0 Å². The van der Waals surface area contributed by atoms with Crippen molar-refractivity contribution >= 4 is 5.97 Å². The highest BCUT2D eigenvalue weighted by Gasteiger charge is 2.23. The first-order valence-electron chi connectivity index (χ1n) is 12.2. The second-order valence-electron chi connectivity index (χ2n) is 9.41. The molecule has 0 radical (unpaired) electrons. The van der Waals surface area contributed by atoms with Gasteiger partial charge < -0.3 is 14.6 Å². The summed E-state index contributed by atoms with van der Waals surface area (Å²) in [6.07, 6.45) is 11.5. The van der Waals surface area contributed by atoms with Crippen molar-refractivity contribution in [1.82, 2.24) is 4.90 Å². The number of hydrogen-bond acceptors (Lipinski definition) is 2. The van der Waals surface area contributed by atoms with Crippen molar-refractivity contribution in [3.8, 4) is 5.75 Å². The third-order valence-electron chi connectivity index (χ3n) is 6.79. The summed E-state index contributed by atoms with van der Waals surface area (Å²) in [5.74, 6) is 1.16. The number of aliphatic hydroxyl groups excluding tert-OH is 1. The highest BCUT2D eigenvalue weighted by Crippen LogP contribution is 2.26. The van der Waals surface area contributed by atoms with Crippen LogP contribution in [-0.2, 0) is 12.8 Å². The summed E-state index contributed by atoms with van der Waals surface area (Å²) >= 11 is 0. The molecule has 0 spiro atoms. The molecule has 4 rings (SSSR count). The van der Waals surface area contributed by atoms with Crippen molar-refractivity contribution in [3.63, 3.8) is 0 Å². The minimum atomic E-state index is -0.514. The van der Waals surface area contributed by atoms with Gasteiger partial charge in [-0.25, -0.2) is 0 Å². The zero-order valence-corrected chi connectivity index (χ0v) is 19.5. The van der Waals surface area contributed by atoms with Gasteiger partial charge in [0.25, 0.3) is 0 Å². The van der Waals surface area contributed by atoms with E-state index >= 15 is 0 Å². The van der Waals surface area contributed by atoms with Crippen LogP contribution in [-0.4, -0.2) is 47.0 Å². The molecule has 1 fully saturated rings. The summed E-state index contributed by atoms with van der Waals surface area (Å²) in [6, 6.07) is 18.7. The highest BCUT2D eigenvalue weighted by molar-refractivity contribution is 5.68. The van der Waals surface area contributed by atoms with Gasteiger partial charge >= 0.3 is 5.97 Å². The van der Waals surface area contributed by atoms with Crippen LogP contribution in [0.3, 0.4) is 0 Å². The van der Waals surface area contributed by atoms with Gasteiger partial charge in [-0.05, 0) is 79.8 Å². The first-order chi connectivity index (χ1) is 16.1. The van der Waals surface area contributed by atoms with Gasteiger partial charge in [-0.15, -0.1) is 0 Å². The summed E-state index contributed by atoms with van der Waals surface area (Å²) in [5.41, 5.74) is 5.40. The fraction of sp³-hybridized carbons (Fsp3) is 0.414. The van der Waals surface area contributed by atoms with E-state index in [4.69, 9.17) is 14.6 Å². The second-order valence-corrected chi connectivity index (χ2v) is 9.41. The molecule has 0 saturated carbocycles. The predicted molar refractivity (Wildman–Crippen MR) is 135 cm³/mol. The molecule has 174 valence electrons. The van der Waals surface area contributed by atoms with Gasteiger partial charge in [-0.1, -0.05) is 60.2 Å². The van der Waals surface area contributed by atoms with E-state index in [1.165, 1.54) is 49.1 Å². The number of ether oxygens (including phenoxy) is 1. The summed E-state index contributed by atoms with van der Waals surface area (Å²) < 4.78 is 5.96. The number of carboxylic acid groups (broad SMARTS) is 1. The number of aliphatic carboxylic acids is 1. The lowest BCUT2D eigenvalue weighted by Crippen LogP contribution is -2.24. The molecule has 33 heavy (non-hydrogen) atoms. The Hall–Kier alpha value is -2.85. The van der Waals surface area contributed by atoms with Crippen molar-refractivity contribution in [1.29, 1.82) is 0 Å². The molecule has 0 bridgehead atoms. The van der Waals surface area contributed by atoms with Crippen LogP contribution < -0.4 is 4.74 Å². The molecule has 0 aromatic heterocycles. The van der Waals surface area contributed by atoms with Gasteiger partial charge in [-0.2, -0.15) is 0 Å². The molecular formula is C29H36NO3+. The SMILES string of the molecule is OC(=[OH+])CCc1ccc(OCC2=CC=C(CN3CCC(CCc4ccccc4)C3)CC2)cc1. The van der Waals surface area contributed by atoms with E-state index in [2.05, 4.69) is 47.4 Å². The van der Waals surface area contributed by atoms with Crippen LogP contribution in [0.2, 0.25) is 0 Å². The molecule has 2 N–H and O–H groups in total. The van der Waals surface area contributed by atoms with Crippen molar-refractivity contribution < 1.29 is 14.6 Å². The lowest BCUT2D eigenvalue weighted by Gasteiger charge is -2.21. The third-order valence-corrected chi connectivity index (χ3v) is 6.79. The summed E-state index contributed by atoms with van der Waals surface area (Å²) in [7, 11) is 0. The lowest BCUT2D eigenvalue weighted by molar-refractivity contribution is 0.336. The van der Waals surface area contributed by atoms with Crippen molar-refractivity contribution in [2.75, 3.05) is 26.2 Å². The van der Waals surface area contributed by atoms with Gasteiger partial charge in [0, 0.05) is 13.1 Å². The van der Waals surface area contributed by atoms with E-state index in [9.17, 15) is 0 Å². The number of rotatable bonds is 11. The Bertz CT molecular complexity index is 962. The molecule has 1 aliphatic carbocycles. The maximum absolute atomic E-state index is 8.90. The molecule has 1 aliphatic heterocycles. The zero-order valence-electron chi connectivity index (χ0n) is 19.5. The van der Waals surface area contributed by atoms with Gasteiger partial charge in [0.1, 0.15) is 18.8 Å². The Morgan fingerprint density at radius 3 is 2.39 bits per heavy atom. The molecule has 1 saturated heterocycles. The number of allylic oxidation sites excluding steroid dienone is 2. The number of benzene rings is 2. The maximum Gasteiger partial charge on any atom is 0.480 e. The number of aryl methyl sites for hydroxylation is 2. The van der Waals surface area contributed by atoms with Crippen LogP contribution in [0, 0.1) is 5.92 Å². The molecule has 0 amide bonds. The topological polar surface area (TPSA) is 54.1 Å². The Kier molecular flexibility index (Phi) is 8.37. The van der Waals surface area contributed by atoms with E-state index in [-0.39, 0.29) is 6.42 Å². The molecule has 1 unspecified atom stereocenters. The van der Waals surface area contributed by atoms with Gasteiger partial charge in [0.05, 0.1) is 0 Å². The number of likely N-dealkylation sites (tertiary alicyclic amines) is 1. The number of carboxylic acids is 1. The average Bonchev–Trinajstić information content (AvgIpc) is 3.29. The van der Waals surface area contributed by atoms with Crippen LogP contribution in [0.25, 0.3) is 0 Å². The maximum atomic E-state index is 8.90. The molecule has 2 aliphatic rings. The molecule has 2 aromatic carbocycles. The van der Waals surface area contributed by atoms with Crippen LogP contribution >= 0.6 is 0 Å². The summed E-state index contributed by atoms with van der Waals surface area (Å²) in [5, 5.41) is 8.90. The van der Waals surface area contributed by atoms with Crippen molar-refractivity contribution in [2.24, 2.45) is 5.92 Å². The minimum absolute atomic E-state index is 0.271. The second kappa shape index (κ2) is 11.9. The third kappa shape index (κ3) is 7.61. The molecular weight excluding hydrogens is 410 g/mol. The molecule has 2 aromatic rings. The predicted octanol–water partition coefficient (Wildman–Crippen LogP) is 5.66. The lowest BCUT2D eigenvalue weighted by atomic mass is 9.98. The van der Waals surface area contributed by atoms with Crippen LogP contribution in [0.1, 0.15) is 43.2 Å². The van der Waals surface area contributed by atoms with E-state index in [1.807, 2.05) is 24.3 Å². The molecule has 1 atom stereocenters. The largest absolute Gasteiger partial charge is 0.489 e. The fourth-order valence-electron chi connectivity index (χ4n) is 4.75. The fourth-order valence-corrected chi connectivity index (χ4v) is 4.75. The van der Waals surface area contributed by atoms with E-state index < -0.39 is 5.97 Å². The molecule has 4 heteroatoms. The van der Waals surface area contributed by atoms with Crippen molar-refractivity contribution in [2.45, 2.75) is 44.9 Å². The molecule has 1 heterocycles. The number of nitrogens with zero attached hydrogens (tertiary/aromatic N) is 1. The Balaban J connectivity index is 1.17. The summed E-state index contributed by atoms with van der Waals surface area (Å²) in [4.78, 5) is 11.5. The monoisotopic (exact) mass is 446 g/mol. The first-order valence-corrected chi connectivity index (χ1v) is 12.2. The van der Waals surface area contributed by atoms with Gasteiger partial charge in [0.2, 0.25) is 0 Å². The van der Waals surface area contributed by atoms with Crippen LogP contribution in [0.4, 0.5) is 0 Å². The standard InChI is InChI=1S/C29H35NO3/c31-29(32)17-14-24-12-15-28(16-13-24)33-22-27-10-8-25(9-11-27)20-30-19-18-26(21-30)7-6-23-4-2-1-3-5-23/h1-5,8,10,12-13,15-16,26H,6-7,9,11,14,17-22H2,(H,31,32)/p+1. The van der Waals surface area contributed by atoms with Crippen molar-refractivity contribution in [3.05, 3.63) is 89.0 Å². The minimum Gasteiger partial charge on any atom is -0.489 e. The highest BCUT2D eigenvalue weighted by atomic mass is 16.5. The normalized spacial score (nSPS) is 18.6. The van der Waals surface area contributed by atoms with E-state index in [1.54, 1.807) is 0 Å². The average molecular weight is 447 g/mol. The van der Waals surface area contributed by atoms with Crippen LogP contribution in [0.5, 0.6) is 5.75 Å². The Labute approximate surface area is 197 Å². The zero-order chi connectivity index (χ0) is 22.9. The van der Waals surface area contributed by atoms with E-state index in [0.29, 0.717) is 13.0 Å². The summed E-state index contributed by atoms with van der Waals surface area (Å²) in [6.45, 7) is 4.19. The Morgan fingerprint density at radius 1 is 0.939 bits per heavy atom. The number of hydrogen-bond donors (Lipinski definition) is 1. The quantitative estimate of drug-likeness (QED) is 0.453. The van der Waals surface area contributed by atoms with Gasteiger partial charge in [-0.3, -0.25) is 4.90 Å². The van der Waals surface area contributed by atoms with E-state index in [0.717, 1.165) is 36.6 Å². The smallest absolute Gasteiger partial charge is 0.480 e. The molecule has 4 nitrogen and oxygen atoms in total. The first kappa shape index (κ1) is 23.3. The van der Waals surface area contributed by atoms with Crippen LogP contribution in [0.15, 0.2) is 77.9 Å².